The summed E-state index contributed by atoms with van der Waals surface area (Å²) in [6.07, 6.45) is 0.0607. The minimum Gasteiger partial charge on any atom is -0.337 e. The molecule has 0 spiro atoms. The molecule has 2 aromatic heterocycles. The summed E-state index contributed by atoms with van der Waals surface area (Å²) in [6.45, 7) is 1.96. The molecule has 0 fully saturated rings. The van der Waals surface area contributed by atoms with Crippen molar-refractivity contribution in [1.29, 1.82) is 5.26 Å². The number of aromatic nitrogens is 3. The Morgan fingerprint density at radius 2 is 1.69 bits per heavy atom. The lowest BCUT2D eigenvalue weighted by Crippen LogP contribution is -2.09. The third kappa shape index (κ3) is 5.25. The average Bonchev–Trinajstić information content (AvgIpc) is 3.34. The van der Waals surface area contributed by atoms with Crippen molar-refractivity contribution in [1.82, 2.24) is 14.5 Å². The third-order valence-corrected chi connectivity index (χ3v) is 7.24. The van der Waals surface area contributed by atoms with Crippen LogP contribution in [0.25, 0.3) is 10.9 Å². The van der Waals surface area contributed by atoms with Crippen molar-refractivity contribution in [3.63, 3.8) is 0 Å². The second kappa shape index (κ2) is 10.5. The summed E-state index contributed by atoms with van der Waals surface area (Å²) in [4.78, 5) is 9.17. The first-order valence-corrected chi connectivity index (χ1v) is 12.8. The van der Waals surface area contributed by atoms with E-state index in [1.54, 1.807) is 6.33 Å². The molecule has 0 saturated carbocycles. The van der Waals surface area contributed by atoms with Crippen LogP contribution in [-0.4, -0.2) is 14.5 Å². The molecule has 0 aliphatic heterocycles. The van der Waals surface area contributed by atoms with E-state index in [4.69, 9.17) is 16.6 Å². The fraction of sp³-hybridized carbons (Fsp3) is 0.194. The van der Waals surface area contributed by atoms with Gasteiger partial charge in [0.1, 0.15) is 6.07 Å². The largest absolute Gasteiger partial charge is 0.416 e. The maximum atomic E-state index is 13.1. The summed E-state index contributed by atoms with van der Waals surface area (Å²) in [5, 5.41) is 11.7. The van der Waals surface area contributed by atoms with Gasteiger partial charge in [0, 0.05) is 41.5 Å². The fourth-order valence-electron chi connectivity index (χ4n) is 5.01. The van der Waals surface area contributed by atoms with Gasteiger partial charge in [0.25, 0.3) is 0 Å². The monoisotopic (exact) mass is 544 g/mol. The van der Waals surface area contributed by atoms with Gasteiger partial charge in [-0.05, 0) is 65.1 Å². The fourth-order valence-corrected chi connectivity index (χ4v) is 5.14. The molecule has 196 valence electrons. The molecular formula is C31H24ClF3N4. The smallest absolute Gasteiger partial charge is 0.337 e. The van der Waals surface area contributed by atoms with Gasteiger partial charge in [-0.25, -0.2) is 4.98 Å². The lowest BCUT2D eigenvalue weighted by molar-refractivity contribution is -0.137. The van der Waals surface area contributed by atoms with Gasteiger partial charge in [-0.15, -0.1) is 0 Å². The molecule has 0 aliphatic rings. The number of hydrogen-bond donors (Lipinski definition) is 0. The molecule has 39 heavy (non-hydrogen) atoms. The molecule has 0 bridgehead atoms. The maximum Gasteiger partial charge on any atom is 0.416 e. The number of alkyl halides is 3. The summed E-state index contributed by atoms with van der Waals surface area (Å²) in [6, 6.07) is 21.0. The van der Waals surface area contributed by atoms with E-state index >= 15 is 0 Å². The van der Waals surface area contributed by atoms with Crippen molar-refractivity contribution in [2.45, 2.75) is 31.9 Å². The van der Waals surface area contributed by atoms with Crippen LogP contribution in [0.5, 0.6) is 0 Å². The number of nitriles is 1. The van der Waals surface area contributed by atoms with E-state index in [0.717, 1.165) is 40.2 Å². The average molecular weight is 545 g/mol. The van der Waals surface area contributed by atoms with Gasteiger partial charge in [0.05, 0.1) is 28.9 Å². The van der Waals surface area contributed by atoms with Crippen molar-refractivity contribution < 1.29 is 13.2 Å². The summed E-state index contributed by atoms with van der Waals surface area (Å²) in [5.74, 6) is -0.171. The van der Waals surface area contributed by atoms with Gasteiger partial charge in [0.2, 0.25) is 0 Å². The van der Waals surface area contributed by atoms with Gasteiger partial charge in [-0.1, -0.05) is 48.9 Å². The van der Waals surface area contributed by atoms with Crippen molar-refractivity contribution in [2.75, 3.05) is 0 Å². The Bertz CT molecular complexity index is 1680. The van der Waals surface area contributed by atoms with Crippen LogP contribution >= 0.6 is 11.6 Å². The molecule has 4 nitrogen and oxygen atoms in total. The molecule has 8 heteroatoms. The van der Waals surface area contributed by atoms with Gasteiger partial charge in [-0.3, -0.25) is 4.98 Å². The van der Waals surface area contributed by atoms with E-state index in [1.807, 2.05) is 67.2 Å². The highest BCUT2D eigenvalue weighted by Crippen LogP contribution is 2.36. The molecule has 0 aliphatic carbocycles. The van der Waals surface area contributed by atoms with Crippen LogP contribution in [0.2, 0.25) is 5.02 Å². The molecule has 5 rings (SSSR count). The highest BCUT2D eigenvalue weighted by molar-refractivity contribution is 6.30. The Morgan fingerprint density at radius 3 is 2.28 bits per heavy atom. The highest BCUT2D eigenvalue weighted by atomic mass is 35.5. The van der Waals surface area contributed by atoms with Crippen molar-refractivity contribution in [3.8, 4) is 6.07 Å². The van der Waals surface area contributed by atoms with Crippen LogP contribution in [0.15, 0.2) is 79.3 Å². The molecule has 5 aromatic rings. The SMILES string of the molecule is CCc1nc2ccc(C(c3ccc(Cl)cc3)c3cncn3C)cc2c(C#N)c1Cc1ccc(C(F)(F)F)cc1. The van der Waals surface area contributed by atoms with Crippen LogP contribution in [-0.2, 0) is 26.1 Å². The molecule has 0 saturated heterocycles. The van der Waals surface area contributed by atoms with Crippen LogP contribution in [0, 0.1) is 11.3 Å². The molecule has 3 aromatic carbocycles. The van der Waals surface area contributed by atoms with E-state index in [0.29, 0.717) is 39.9 Å². The lowest BCUT2D eigenvalue weighted by Gasteiger charge is -2.20. The zero-order valence-electron chi connectivity index (χ0n) is 21.3. The minimum absolute atomic E-state index is 0.171. The predicted octanol–water partition coefficient (Wildman–Crippen LogP) is 7.85. The molecule has 1 atom stereocenters. The van der Waals surface area contributed by atoms with Gasteiger partial charge >= 0.3 is 6.18 Å². The number of benzene rings is 3. The van der Waals surface area contributed by atoms with Gasteiger partial charge in [-0.2, -0.15) is 18.4 Å². The van der Waals surface area contributed by atoms with E-state index in [1.165, 1.54) is 12.1 Å². The Balaban J connectivity index is 1.65. The minimum atomic E-state index is -4.40. The number of imidazole rings is 1. The number of pyridine rings is 1. The summed E-state index contributed by atoms with van der Waals surface area (Å²) < 4.78 is 41.2. The number of nitrogens with zero attached hydrogens (tertiary/aromatic N) is 4. The first-order valence-electron chi connectivity index (χ1n) is 12.4. The Hall–Kier alpha value is -4.15. The van der Waals surface area contributed by atoms with Crippen LogP contribution in [0.3, 0.4) is 0 Å². The topological polar surface area (TPSA) is 54.5 Å². The summed E-state index contributed by atoms with van der Waals surface area (Å²) >= 11 is 6.16. The third-order valence-electron chi connectivity index (χ3n) is 6.99. The number of fused-ring (bicyclic) bond motifs is 1. The molecule has 1 unspecified atom stereocenters. The maximum absolute atomic E-state index is 13.1. The normalized spacial score (nSPS) is 12.4. The van der Waals surface area contributed by atoms with Crippen LogP contribution in [0.1, 0.15) is 57.6 Å². The molecule has 0 N–H and O–H groups in total. The van der Waals surface area contributed by atoms with Crippen LogP contribution in [0.4, 0.5) is 13.2 Å². The Labute approximate surface area is 229 Å². The summed E-state index contributed by atoms with van der Waals surface area (Å²) in [7, 11) is 1.93. The number of hydrogen-bond acceptors (Lipinski definition) is 3. The molecule has 0 radical (unpaired) electrons. The Morgan fingerprint density at radius 1 is 1.00 bits per heavy atom. The highest BCUT2D eigenvalue weighted by Gasteiger charge is 2.30. The lowest BCUT2D eigenvalue weighted by atomic mass is 9.86. The first-order chi connectivity index (χ1) is 18.7. The predicted molar refractivity (Wildman–Crippen MR) is 146 cm³/mol. The first kappa shape index (κ1) is 26.5. The quantitative estimate of drug-likeness (QED) is 0.219. The zero-order valence-corrected chi connectivity index (χ0v) is 22.1. The molecule has 0 amide bonds. The zero-order chi connectivity index (χ0) is 27.7. The van der Waals surface area contributed by atoms with E-state index in [9.17, 15) is 18.4 Å². The van der Waals surface area contributed by atoms with Crippen molar-refractivity contribution in [3.05, 3.63) is 129 Å². The second-order valence-corrected chi connectivity index (χ2v) is 9.88. The molecule has 2 heterocycles. The van der Waals surface area contributed by atoms with Gasteiger partial charge in [0.15, 0.2) is 0 Å². The van der Waals surface area contributed by atoms with Crippen molar-refractivity contribution >= 4 is 22.5 Å². The standard InChI is InChI=1S/C31H24ClF3N4/c1-3-27-24(14-19-4-9-22(10-5-19)31(33,34)35)26(16-36)25-15-21(8-13-28(25)38-27)30(29-17-37-18-39(29)2)20-6-11-23(32)12-7-20/h4-13,15,17-18,30H,3,14H2,1-2H3. The summed E-state index contributed by atoms with van der Waals surface area (Å²) in [5.41, 5.74) is 5.59. The Kier molecular flexibility index (Phi) is 7.16. The van der Waals surface area contributed by atoms with Gasteiger partial charge < -0.3 is 4.57 Å². The van der Waals surface area contributed by atoms with Crippen LogP contribution < -0.4 is 0 Å². The van der Waals surface area contributed by atoms with E-state index in [-0.39, 0.29) is 5.92 Å². The van der Waals surface area contributed by atoms with E-state index < -0.39 is 11.7 Å². The number of rotatable bonds is 6. The number of aryl methyl sites for hydroxylation is 2. The molecular weight excluding hydrogens is 521 g/mol. The van der Waals surface area contributed by atoms with Crippen molar-refractivity contribution in [2.24, 2.45) is 7.05 Å². The van der Waals surface area contributed by atoms with E-state index in [2.05, 4.69) is 11.1 Å². The second-order valence-electron chi connectivity index (χ2n) is 9.44. The number of halogens is 4.